The summed E-state index contributed by atoms with van der Waals surface area (Å²) in [6.07, 6.45) is 1.21. The van der Waals surface area contributed by atoms with Crippen LogP contribution in [-0.4, -0.2) is 29.9 Å². The lowest BCUT2D eigenvalue weighted by Crippen LogP contribution is -2.21. The minimum Gasteiger partial charge on any atom is -0.349 e. The second kappa shape index (κ2) is 5.17. The molecule has 0 radical (unpaired) electrons. The van der Waals surface area contributed by atoms with Crippen LogP contribution in [-0.2, 0) is 11.2 Å². The highest BCUT2D eigenvalue weighted by molar-refractivity contribution is 5.79. The van der Waals surface area contributed by atoms with Crippen molar-refractivity contribution in [2.45, 2.75) is 19.8 Å². The Kier molecular flexibility index (Phi) is 3.60. The van der Waals surface area contributed by atoms with E-state index in [9.17, 15) is 4.79 Å². The SMILES string of the molecule is Cc1ccc2nc(CCC(=O)N(C)C)ccc2c1. The molecule has 0 saturated heterocycles. The van der Waals surface area contributed by atoms with Crippen LogP contribution in [0, 0.1) is 6.92 Å². The number of pyridine rings is 1. The minimum absolute atomic E-state index is 0.140. The molecule has 0 N–H and O–H groups in total. The molecule has 1 heterocycles. The Balaban J connectivity index is 2.15. The molecule has 2 rings (SSSR count). The van der Waals surface area contributed by atoms with E-state index in [1.54, 1.807) is 19.0 Å². The van der Waals surface area contributed by atoms with Gasteiger partial charge in [-0.3, -0.25) is 9.78 Å². The number of amides is 1. The van der Waals surface area contributed by atoms with Gasteiger partial charge in [0.05, 0.1) is 5.52 Å². The molecule has 0 aliphatic carbocycles. The molecule has 0 bridgehead atoms. The molecule has 0 atom stereocenters. The molecule has 18 heavy (non-hydrogen) atoms. The Labute approximate surface area is 107 Å². The highest BCUT2D eigenvalue weighted by atomic mass is 16.2. The lowest BCUT2D eigenvalue weighted by molar-refractivity contribution is -0.128. The molecule has 0 aliphatic heterocycles. The van der Waals surface area contributed by atoms with Crippen LogP contribution in [0.2, 0.25) is 0 Å². The van der Waals surface area contributed by atoms with Crippen molar-refractivity contribution >= 4 is 16.8 Å². The van der Waals surface area contributed by atoms with Gasteiger partial charge >= 0.3 is 0 Å². The van der Waals surface area contributed by atoms with Crippen molar-refractivity contribution < 1.29 is 4.79 Å². The molecule has 2 aromatic rings. The van der Waals surface area contributed by atoms with Crippen molar-refractivity contribution in [3.63, 3.8) is 0 Å². The van der Waals surface area contributed by atoms with E-state index in [-0.39, 0.29) is 5.91 Å². The van der Waals surface area contributed by atoms with E-state index >= 15 is 0 Å². The van der Waals surface area contributed by atoms with E-state index in [2.05, 4.69) is 30.1 Å². The Morgan fingerprint density at radius 2 is 2.00 bits per heavy atom. The fourth-order valence-electron chi connectivity index (χ4n) is 1.89. The summed E-state index contributed by atoms with van der Waals surface area (Å²) in [5.41, 5.74) is 3.21. The van der Waals surface area contributed by atoms with E-state index in [1.807, 2.05) is 12.1 Å². The maximum absolute atomic E-state index is 11.5. The first-order valence-corrected chi connectivity index (χ1v) is 6.13. The highest BCUT2D eigenvalue weighted by Gasteiger charge is 2.05. The van der Waals surface area contributed by atoms with E-state index < -0.39 is 0 Å². The first-order chi connectivity index (χ1) is 8.56. The molecule has 0 aliphatic rings. The quantitative estimate of drug-likeness (QED) is 0.828. The third-order valence-corrected chi connectivity index (χ3v) is 3.00. The summed E-state index contributed by atoms with van der Waals surface area (Å²) < 4.78 is 0. The molecular weight excluding hydrogens is 224 g/mol. The summed E-state index contributed by atoms with van der Waals surface area (Å²) in [6.45, 7) is 2.07. The number of rotatable bonds is 3. The summed E-state index contributed by atoms with van der Waals surface area (Å²) >= 11 is 0. The lowest BCUT2D eigenvalue weighted by Gasteiger charge is -2.09. The summed E-state index contributed by atoms with van der Waals surface area (Å²) in [5, 5.41) is 1.15. The van der Waals surface area contributed by atoms with E-state index in [0.29, 0.717) is 12.8 Å². The molecule has 0 unspecified atom stereocenters. The summed E-state index contributed by atoms with van der Waals surface area (Å²) in [6, 6.07) is 10.3. The van der Waals surface area contributed by atoms with Crippen LogP contribution in [0.4, 0.5) is 0 Å². The number of carbonyl (C=O) groups is 1. The molecule has 1 amide bonds. The number of benzene rings is 1. The number of fused-ring (bicyclic) bond motifs is 1. The third-order valence-electron chi connectivity index (χ3n) is 3.00. The summed E-state index contributed by atoms with van der Waals surface area (Å²) in [7, 11) is 3.55. The Bertz CT molecular complexity index is 576. The van der Waals surface area contributed by atoms with Gasteiger partial charge in [-0.1, -0.05) is 17.7 Å². The van der Waals surface area contributed by atoms with Gasteiger partial charge in [0, 0.05) is 31.6 Å². The maximum atomic E-state index is 11.5. The van der Waals surface area contributed by atoms with Gasteiger partial charge in [0.15, 0.2) is 0 Å². The van der Waals surface area contributed by atoms with Crippen LogP contribution in [0.1, 0.15) is 17.7 Å². The first kappa shape index (κ1) is 12.6. The molecule has 3 heteroatoms. The standard InChI is InChI=1S/C15H18N2O/c1-11-4-8-14-12(10-11)5-6-13(16-14)7-9-15(18)17(2)3/h4-6,8,10H,7,9H2,1-3H3. The number of nitrogens with zero attached hydrogens (tertiary/aromatic N) is 2. The Morgan fingerprint density at radius 3 is 2.72 bits per heavy atom. The third kappa shape index (κ3) is 2.86. The summed E-state index contributed by atoms with van der Waals surface area (Å²) in [4.78, 5) is 17.7. The summed E-state index contributed by atoms with van der Waals surface area (Å²) in [5.74, 6) is 0.140. The monoisotopic (exact) mass is 242 g/mol. The fourth-order valence-corrected chi connectivity index (χ4v) is 1.89. The molecule has 1 aromatic carbocycles. The second-order valence-electron chi connectivity index (χ2n) is 4.79. The van der Waals surface area contributed by atoms with Crippen molar-refractivity contribution in [3.05, 3.63) is 41.6 Å². The molecule has 1 aromatic heterocycles. The van der Waals surface area contributed by atoms with Gasteiger partial charge < -0.3 is 4.90 Å². The van der Waals surface area contributed by atoms with Gasteiger partial charge in [-0.2, -0.15) is 0 Å². The van der Waals surface area contributed by atoms with E-state index in [1.165, 1.54) is 5.56 Å². The van der Waals surface area contributed by atoms with E-state index in [4.69, 9.17) is 0 Å². The number of carbonyl (C=O) groups excluding carboxylic acids is 1. The minimum atomic E-state index is 0.140. The Hall–Kier alpha value is -1.90. The fraction of sp³-hybridized carbons (Fsp3) is 0.333. The number of hydrogen-bond donors (Lipinski definition) is 0. The predicted molar refractivity (Wildman–Crippen MR) is 73.5 cm³/mol. The van der Waals surface area contributed by atoms with Gasteiger partial charge in [-0.25, -0.2) is 0 Å². The molecule has 0 fully saturated rings. The van der Waals surface area contributed by atoms with Gasteiger partial charge in [-0.05, 0) is 31.5 Å². The average molecular weight is 242 g/mol. The first-order valence-electron chi connectivity index (χ1n) is 6.13. The average Bonchev–Trinajstić information content (AvgIpc) is 2.35. The van der Waals surface area contributed by atoms with Crippen molar-refractivity contribution in [2.24, 2.45) is 0 Å². The van der Waals surface area contributed by atoms with Crippen LogP contribution in [0.3, 0.4) is 0 Å². The molecular formula is C15H18N2O. The zero-order valence-corrected chi connectivity index (χ0v) is 11.1. The van der Waals surface area contributed by atoms with Crippen molar-refractivity contribution in [2.75, 3.05) is 14.1 Å². The number of aromatic nitrogens is 1. The van der Waals surface area contributed by atoms with Crippen molar-refractivity contribution in [1.29, 1.82) is 0 Å². The van der Waals surface area contributed by atoms with Gasteiger partial charge in [-0.15, -0.1) is 0 Å². The molecule has 3 nitrogen and oxygen atoms in total. The highest BCUT2D eigenvalue weighted by Crippen LogP contribution is 2.15. The Morgan fingerprint density at radius 1 is 1.22 bits per heavy atom. The van der Waals surface area contributed by atoms with E-state index in [0.717, 1.165) is 16.6 Å². The second-order valence-corrected chi connectivity index (χ2v) is 4.79. The zero-order valence-electron chi connectivity index (χ0n) is 11.1. The number of aryl methyl sites for hydroxylation is 2. The number of hydrogen-bond acceptors (Lipinski definition) is 2. The lowest BCUT2D eigenvalue weighted by atomic mass is 10.1. The van der Waals surface area contributed by atoms with Crippen LogP contribution in [0.25, 0.3) is 10.9 Å². The smallest absolute Gasteiger partial charge is 0.222 e. The predicted octanol–water partition coefficient (Wildman–Crippen LogP) is 2.56. The molecule has 94 valence electrons. The topological polar surface area (TPSA) is 33.2 Å². The van der Waals surface area contributed by atoms with Gasteiger partial charge in [0.1, 0.15) is 0 Å². The van der Waals surface area contributed by atoms with Crippen molar-refractivity contribution in [1.82, 2.24) is 9.88 Å². The van der Waals surface area contributed by atoms with Crippen LogP contribution in [0.15, 0.2) is 30.3 Å². The maximum Gasteiger partial charge on any atom is 0.222 e. The van der Waals surface area contributed by atoms with Crippen LogP contribution >= 0.6 is 0 Å². The van der Waals surface area contributed by atoms with Crippen LogP contribution < -0.4 is 0 Å². The van der Waals surface area contributed by atoms with Gasteiger partial charge in [0.2, 0.25) is 5.91 Å². The van der Waals surface area contributed by atoms with Gasteiger partial charge in [0.25, 0.3) is 0 Å². The molecule has 0 spiro atoms. The zero-order chi connectivity index (χ0) is 13.1. The van der Waals surface area contributed by atoms with Crippen LogP contribution in [0.5, 0.6) is 0 Å². The normalized spacial score (nSPS) is 10.6. The molecule has 0 saturated carbocycles. The largest absolute Gasteiger partial charge is 0.349 e. The van der Waals surface area contributed by atoms with Crippen molar-refractivity contribution in [3.8, 4) is 0 Å².